The molecular weight excluding hydrogens is 262 g/mol. The quantitative estimate of drug-likeness (QED) is 0.908. The predicted molar refractivity (Wildman–Crippen MR) is 84.1 cm³/mol. The molecule has 3 heteroatoms. The first-order chi connectivity index (χ1) is 11.7. The van der Waals surface area contributed by atoms with Gasteiger partial charge >= 0.3 is 0 Å². The highest BCUT2D eigenvalue weighted by Crippen LogP contribution is 2.46. The third-order valence-electron chi connectivity index (χ3n) is 5.00. The Morgan fingerprint density at radius 1 is 1.33 bits per heavy atom. The van der Waals surface area contributed by atoms with Crippen molar-refractivity contribution in [2.24, 2.45) is 0 Å². The van der Waals surface area contributed by atoms with Crippen molar-refractivity contribution in [3.05, 3.63) is 35.4 Å². The van der Waals surface area contributed by atoms with Crippen LogP contribution in [0.3, 0.4) is 0 Å². The fraction of sp³-hybridized carbons (Fsp3) is 0.667. The maximum Gasteiger partial charge on any atom is 0.108 e. The molecule has 0 amide bonds. The number of ether oxygens (including phenoxy) is 1. The predicted octanol–water partition coefficient (Wildman–Crippen LogP) is 3.27. The minimum atomic E-state index is -2.38. The molecule has 2 atom stereocenters. The summed E-state index contributed by atoms with van der Waals surface area (Å²) in [5.74, 6) is -0.0978. The van der Waals surface area contributed by atoms with E-state index in [4.69, 9.17) is 10.2 Å². The van der Waals surface area contributed by atoms with Crippen molar-refractivity contribution >= 4 is 0 Å². The summed E-state index contributed by atoms with van der Waals surface area (Å²) in [6.07, 6.45) is 3.36. The molecule has 1 aromatic carbocycles. The van der Waals surface area contributed by atoms with Gasteiger partial charge in [-0.05, 0) is 37.9 Å². The molecule has 0 bridgehead atoms. The summed E-state index contributed by atoms with van der Waals surface area (Å²) >= 11 is 0. The van der Waals surface area contributed by atoms with Gasteiger partial charge < -0.3 is 9.84 Å². The molecule has 1 aromatic rings. The van der Waals surface area contributed by atoms with Crippen molar-refractivity contribution in [3.63, 3.8) is 0 Å². The van der Waals surface area contributed by atoms with E-state index in [0.29, 0.717) is 0 Å². The minimum absolute atomic E-state index is 0.0151. The maximum atomic E-state index is 9.27. The molecule has 116 valence electrons. The van der Waals surface area contributed by atoms with E-state index >= 15 is 0 Å². The minimum Gasteiger partial charge on any atom is -0.392 e. The van der Waals surface area contributed by atoms with Crippen LogP contribution in [0.5, 0.6) is 0 Å². The highest BCUT2D eigenvalue weighted by atomic mass is 16.5. The molecule has 1 aliphatic heterocycles. The van der Waals surface area contributed by atoms with Crippen LogP contribution in [-0.4, -0.2) is 35.3 Å². The number of aliphatic hydroxyl groups is 1. The summed E-state index contributed by atoms with van der Waals surface area (Å²) < 4.78 is 38.3. The molecule has 1 N–H and O–H groups in total. The van der Waals surface area contributed by atoms with E-state index in [9.17, 15) is 5.11 Å². The Kier molecular flexibility index (Phi) is 3.11. The van der Waals surface area contributed by atoms with E-state index < -0.39 is 18.8 Å². The lowest BCUT2D eigenvalue weighted by molar-refractivity contribution is -0.205. The van der Waals surface area contributed by atoms with Crippen LogP contribution in [0, 0.1) is 0 Å². The van der Waals surface area contributed by atoms with Crippen molar-refractivity contribution in [1.82, 2.24) is 4.90 Å². The monoisotopic (exact) mass is 293 g/mol. The lowest BCUT2D eigenvalue weighted by Gasteiger charge is -2.52. The van der Waals surface area contributed by atoms with Crippen molar-refractivity contribution in [3.8, 4) is 0 Å². The first kappa shape index (κ1) is 10.8. The SMILES string of the molecule is [2H]C([2H])([2H])N1CC(c2ccc(CO)cc2)C2(CCCCC2)OC1([2H])C. The van der Waals surface area contributed by atoms with E-state index in [1.54, 1.807) is 6.92 Å². The number of hydrogen-bond donors (Lipinski definition) is 1. The molecule has 3 rings (SSSR count). The van der Waals surface area contributed by atoms with Gasteiger partial charge in [-0.25, -0.2) is 0 Å². The average molecular weight is 293 g/mol. The van der Waals surface area contributed by atoms with E-state index in [2.05, 4.69) is 0 Å². The lowest BCUT2D eigenvalue weighted by atomic mass is 9.71. The summed E-state index contributed by atoms with van der Waals surface area (Å²) in [6.45, 7) is -0.579. The Hall–Kier alpha value is -0.900. The highest BCUT2D eigenvalue weighted by Gasteiger charge is 2.46. The van der Waals surface area contributed by atoms with Crippen LogP contribution in [0.1, 0.15) is 61.6 Å². The zero-order valence-corrected chi connectivity index (χ0v) is 12.6. The zero-order valence-electron chi connectivity index (χ0n) is 16.6. The van der Waals surface area contributed by atoms with Gasteiger partial charge in [0.1, 0.15) is 6.20 Å². The molecule has 1 spiro atoms. The van der Waals surface area contributed by atoms with Crippen LogP contribution in [-0.2, 0) is 11.3 Å². The van der Waals surface area contributed by atoms with Crippen LogP contribution >= 0.6 is 0 Å². The molecule has 2 aliphatic rings. The smallest absolute Gasteiger partial charge is 0.108 e. The lowest BCUT2D eigenvalue weighted by Crippen LogP contribution is -2.55. The van der Waals surface area contributed by atoms with E-state index in [-0.39, 0.29) is 19.1 Å². The number of likely N-dealkylation sites (N-methyl/N-ethyl adjacent to an activating group) is 1. The van der Waals surface area contributed by atoms with E-state index in [1.807, 2.05) is 24.3 Å². The molecule has 1 saturated heterocycles. The van der Waals surface area contributed by atoms with Gasteiger partial charge in [0.15, 0.2) is 0 Å². The average Bonchev–Trinajstić information content (AvgIpc) is 2.54. The Labute approximate surface area is 133 Å². The topological polar surface area (TPSA) is 32.7 Å². The van der Waals surface area contributed by atoms with Crippen LogP contribution in [0.15, 0.2) is 24.3 Å². The summed E-state index contributed by atoms with van der Waals surface area (Å²) in [5.41, 5.74) is 1.36. The fourth-order valence-corrected chi connectivity index (χ4v) is 3.76. The molecule has 1 aliphatic carbocycles. The zero-order chi connectivity index (χ0) is 18.3. The van der Waals surface area contributed by atoms with Gasteiger partial charge in [-0.1, -0.05) is 43.5 Å². The van der Waals surface area contributed by atoms with Crippen molar-refractivity contribution in [2.75, 3.05) is 13.5 Å². The summed E-state index contributed by atoms with van der Waals surface area (Å²) in [7, 11) is 0. The van der Waals surface area contributed by atoms with Gasteiger partial charge in [0.25, 0.3) is 0 Å². The molecule has 3 nitrogen and oxygen atoms in total. The molecule has 0 aromatic heterocycles. The van der Waals surface area contributed by atoms with Crippen LogP contribution in [0.4, 0.5) is 0 Å². The molecule has 2 fully saturated rings. The van der Waals surface area contributed by atoms with Gasteiger partial charge in [0, 0.05) is 16.6 Å². The van der Waals surface area contributed by atoms with Crippen LogP contribution < -0.4 is 0 Å². The number of hydrogen-bond acceptors (Lipinski definition) is 3. The first-order valence-corrected chi connectivity index (χ1v) is 7.86. The van der Waals surface area contributed by atoms with Gasteiger partial charge in [0.05, 0.1) is 13.6 Å². The molecular formula is C18H27NO2. The van der Waals surface area contributed by atoms with Gasteiger partial charge in [0.2, 0.25) is 0 Å². The Bertz CT molecular complexity index is 594. The third kappa shape index (κ3) is 2.87. The van der Waals surface area contributed by atoms with E-state index in [1.165, 1.54) is 4.90 Å². The second-order valence-corrected chi connectivity index (χ2v) is 6.31. The van der Waals surface area contributed by atoms with Crippen LogP contribution in [0.25, 0.3) is 0 Å². The van der Waals surface area contributed by atoms with Gasteiger partial charge in [-0.2, -0.15) is 0 Å². The molecule has 1 heterocycles. The highest BCUT2D eigenvalue weighted by molar-refractivity contribution is 5.28. The van der Waals surface area contributed by atoms with Gasteiger partial charge in [-0.3, -0.25) is 4.90 Å². The Morgan fingerprint density at radius 3 is 2.67 bits per heavy atom. The number of nitrogens with zero attached hydrogens (tertiary/aromatic N) is 1. The number of rotatable bonds is 2. The number of benzene rings is 1. The third-order valence-corrected chi connectivity index (χ3v) is 5.00. The second kappa shape index (κ2) is 6.07. The van der Waals surface area contributed by atoms with Crippen LogP contribution in [0.2, 0.25) is 0 Å². The van der Waals surface area contributed by atoms with Gasteiger partial charge in [-0.15, -0.1) is 0 Å². The van der Waals surface area contributed by atoms with E-state index in [0.717, 1.165) is 43.2 Å². The normalized spacial score (nSPS) is 36.6. The summed E-state index contributed by atoms with van der Waals surface area (Å²) in [4.78, 5) is 1.18. The first-order valence-electron chi connectivity index (χ1n) is 9.86. The molecule has 2 unspecified atom stereocenters. The fourth-order valence-electron chi connectivity index (χ4n) is 3.76. The molecule has 21 heavy (non-hydrogen) atoms. The summed E-state index contributed by atoms with van der Waals surface area (Å²) in [6, 6.07) is 7.67. The number of aliphatic hydroxyl groups excluding tert-OH is 1. The Balaban J connectivity index is 2.00. The van der Waals surface area contributed by atoms with Crippen molar-refractivity contribution in [2.45, 2.75) is 63.4 Å². The summed E-state index contributed by atoms with van der Waals surface area (Å²) in [5, 5.41) is 9.27. The Morgan fingerprint density at radius 2 is 2.05 bits per heavy atom. The largest absolute Gasteiger partial charge is 0.392 e. The van der Waals surface area contributed by atoms with Crippen molar-refractivity contribution < 1.29 is 15.3 Å². The maximum absolute atomic E-state index is 9.27. The molecule has 0 radical (unpaired) electrons. The van der Waals surface area contributed by atoms with Crippen molar-refractivity contribution in [1.29, 1.82) is 0 Å². The molecule has 1 saturated carbocycles. The standard InChI is InChI=1S/C18H27NO2/c1-14-19(2)12-17(16-8-6-15(13-20)7-9-16)18(21-14)10-4-3-5-11-18/h6-9,14,17,20H,3-5,10-13H2,1-2H3/i2D3,14D. The second-order valence-electron chi connectivity index (χ2n) is 6.31.